The predicted octanol–water partition coefficient (Wildman–Crippen LogP) is 3.31. The van der Waals surface area contributed by atoms with Gasteiger partial charge in [-0.15, -0.1) is 0 Å². The first-order chi connectivity index (χ1) is 14.6. The summed E-state index contributed by atoms with van der Waals surface area (Å²) in [5.74, 6) is -1.13. The molecule has 1 heterocycles. The van der Waals surface area contributed by atoms with Crippen LogP contribution >= 0.6 is 0 Å². The highest BCUT2D eigenvalue weighted by Gasteiger charge is 2.31. The molecule has 0 fully saturated rings. The Morgan fingerprint density at radius 1 is 1.13 bits per heavy atom. The predicted molar refractivity (Wildman–Crippen MR) is 119 cm³/mol. The number of alkyl carbamates (subject to hydrolysis) is 1. The number of methoxy groups -OCH3 is 1. The molecule has 0 saturated carbocycles. The van der Waals surface area contributed by atoms with Gasteiger partial charge in [-0.3, -0.25) is 4.79 Å². The monoisotopic (exact) mass is 431 g/mol. The Hall–Kier alpha value is -3.03. The number of benzene rings is 1. The highest BCUT2D eigenvalue weighted by Crippen LogP contribution is 2.20. The third-order valence-corrected chi connectivity index (χ3v) is 5.07. The van der Waals surface area contributed by atoms with Crippen molar-refractivity contribution < 1.29 is 23.9 Å². The lowest BCUT2D eigenvalue weighted by Crippen LogP contribution is -2.54. The molecule has 0 saturated heterocycles. The number of hydrogen-bond acceptors (Lipinski definition) is 5. The van der Waals surface area contributed by atoms with E-state index in [2.05, 4.69) is 15.6 Å². The molecular weight excluding hydrogens is 398 g/mol. The van der Waals surface area contributed by atoms with Crippen molar-refractivity contribution in [1.82, 2.24) is 15.6 Å². The van der Waals surface area contributed by atoms with Crippen molar-refractivity contribution in [2.75, 3.05) is 7.11 Å². The number of hydrogen-bond donors (Lipinski definition) is 3. The van der Waals surface area contributed by atoms with Crippen molar-refractivity contribution >= 4 is 28.9 Å². The van der Waals surface area contributed by atoms with Crippen molar-refractivity contribution in [2.24, 2.45) is 5.92 Å². The summed E-state index contributed by atoms with van der Waals surface area (Å²) in [4.78, 5) is 41.0. The van der Waals surface area contributed by atoms with Crippen LogP contribution in [0.2, 0.25) is 0 Å². The second kappa shape index (κ2) is 10.3. The first-order valence-electron chi connectivity index (χ1n) is 10.5. The Morgan fingerprint density at radius 3 is 2.42 bits per heavy atom. The molecule has 8 heteroatoms. The van der Waals surface area contributed by atoms with Crippen LogP contribution in [0.3, 0.4) is 0 Å². The molecule has 3 atom stereocenters. The second-order valence-corrected chi connectivity index (χ2v) is 8.66. The third-order valence-electron chi connectivity index (χ3n) is 5.07. The molecule has 31 heavy (non-hydrogen) atoms. The molecule has 0 aliphatic heterocycles. The average molecular weight is 432 g/mol. The maximum Gasteiger partial charge on any atom is 0.408 e. The zero-order valence-electron chi connectivity index (χ0n) is 19.1. The van der Waals surface area contributed by atoms with Gasteiger partial charge in [-0.05, 0) is 38.3 Å². The summed E-state index contributed by atoms with van der Waals surface area (Å²) in [7, 11) is 1.28. The number of aromatic nitrogens is 1. The Balaban J connectivity index is 2.28. The number of aromatic amines is 1. The van der Waals surface area contributed by atoms with Crippen molar-refractivity contribution in [1.29, 1.82) is 0 Å². The van der Waals surface area contributed by atoms with E-state index in [1.54, 1.807) is 20.8 Å². The fourth-order valence-electron chi connectivity index (χ4n) is 3.23. The van der Waals surface area contributed by atoms with E-state index in [0.717, 1.165) is 16.5 Å². The minimum absolute atomic E-state index is 0.133. The highest BCUT2D eigenvalue weighted by atomic mass is 16.6. The van der Waals surface area contributed by atoms with Gasteiger partial charge in [-0.2, -0.15) is 0 Å². The molecule has 0 radical (unpaired) electrons. The molecule has 2 rings (SSSR count). The number of ether oxygens (including phenoxy) is 2. The van der Waals surface area contributed by atoms with Crippen LogP contribution in [0, 0.1) is 5.92 Å². The normalized spacial score (nSPS) is 14.4. The van der Waals surface area contributed by atoms with E-state index in [1.165, 1.54) is 7.11 Å². The lowest BCUT2D eigenvalue weighted by molar-refractivity contribution is -0.146. The van der Waals surface area contributed by atoms with Gasteiger partial charge in [-0.1, -0.05) is 38.5 Å². The molecule has 1 aromatic carbocycles. The van der Waals surface area contributed by atoms with Gasteiger partial charge in [0.15, 0.2) is 0 Å². The van der Waals surface area contributed by atoms with Gasteiger partial charge in [0.25, 0.3) is 0 Å². The summed E-state index contributed by atoms with van der Waals surface area (Å²) in [6.07, 6.45) is 2.01. The minimum atomic E-state index is -0.940. The van der Waals surface area contributed by atoms with E-state index in [-0.39, 0.29) is 12.3 Å². The molecule has 1 aromatic heterocycles. The smallest absolute Gasteiger partial charge is 0.408 e. The van der Waals surface area contributed by atoms with Crippen LogP contribution in [-0.2, 0) is 25.5 Å². The maximum absolute atomic E-state index is 13.2. The van der Waals surface area contributed by atoms with Crippen LogP contribution in [0.1, 0.15) is 46.6 Å². The van der Waals surface area contributed by atoms with E-state index in [9.17, 15) is 14.4 Å². The van der Waals surface area contributed by atoms with E-state index in [1.807, 2.05) is 44.3 Å². The van der Waals surface area contributed by atoms with E-state index < -0.39 is 35.7 Å². The molecule has 0 spiro atoms. The fraction of sp³-hybridized carbons (Fsp3) is 0.522. The molecule has 0 aliphatic rings. The summed E-state index contributed by atoms with van der Waals surface area (Å²) in [6, 6.07) is 5.95. The topological polar surface area (TPSA) is 110 Å². The molecule has 0 bridgehead atoms. The number of fused-ring (bicyclic) bond motifs is 1. The number of esters is 1. The number of carbonyl (C=O) groups excluding carboxylic acids is 3. The van der Waals surface area contributed by atoms with E-state index in [4.69, 9.17) is 9.47 Å². The number of rotatable bonds is 8. The number of nitrogens with one attached hydrogen (secondary N) is 3. The number of para-hydroxylation sites is 1. The zero-order chi connectivity index (χ0) is 23.2. The Labute approximate surface area is 183 Å². The van der Waals surface area contributed by atoms with E-state index >= 15 is 0 Å². The number of H-pyrrole nitrogens is 1. The van der Waals surface area contributed by atoms with Gasteiger partial charge in [0, 0.05) is 23.5 Å². The second-order valence-electron chi connectivity index (χ2n) is 8.66. The largest absolute Gasteiger partial charge is 0.467 e. The fourth-order valence-corrected chi connectivity index (χ4v) is 3.23. The number of carbonyl (C=O) groups is 3. The van der Waals surface area contributed by atoms with E-state index in [0.29, 0.717) is 6.42 Å². The summed E-state index contributed by atoms with van der Waals surface area (Å²) < 4.78 is 10.2. The Morgan fingerprint density at radius 2 is 1.81 bits per heavy atom. The van der Waals surface area contributed by atoms with Crippen LogP contribution < -0.4 is 10.6 Å². The molecule has 8 nitrogen and oxygen atoms in total. The standard InChI is InChI=1S/C23H33N3O5/c1-7-14(2)19(21(28)30-6)26-20(27)18(25-22(29)31-23(3,4)5)12-15-13-24-17-11-9-8-10-16(15)17/h8-11,13-14,18-19,24H,7,12H2,1-6H3,(H,25,29)(H,26,27). The van der Waals surface area contributed by atoms with Crippen LogP contribution in [0.25, 0.3) is 10.9 Å². The molecule has 3 N–H and O–H groups in total. The molecule has 3 unspecified atom stereocenters. The molecule has 2 aromatic rings. The summed E-state index contributed by atoms with van der Waals surface area (Å²) >= 11 is 0. The van der Waals surface area contributed by atoms with Gasteiger partial charge in [0.1, 0.15) is 17.7 Å². The lowest BCUT2D eigenvalue weighted by atomic mass is 9.98. The van der Waals surface area contributed by atoms with Gasteiger partial charge < -0.3 is 25.1 Å². The lowest BCUT2D eigenvalue weighted by Gasteiger charge is -2.26. The quantitative estimate of drug-likeness (QED) is 0.556. The first-order valence-corrected chi connectivity index (χ1v) is 10.5. The third kappa shape index (κ3) is 6.73. The minimum Gasteiger partial charge on any atom is -0.467 e. The average Bonchev–Trinajstić information content (AvgIpc) is 3.11. The molecule has 170 valence electrons. The van der Waals surface area contributed by atoms with Gasteiger partial charge in [0.05, 0.1) is 7.11 Å². The SMILES string of the molecule is CCC(C)C(NC(=O)C(Cc1c[nH]c2ccccc12)NC(=O)OC(C)(C)C)C(=O)OC. The van der Waals surface area contributed by atoms with Gasteiger partial charge >= 0.3 is 12.1 Å². The highest BCUT2D eigenvalue weighted by molar-refractivity contribution is 5.91. The summed E-state index contributed by atoms with van der Waals surface area (Å²) in [5, 5.41) is 6.37. The van der Waals surface area contributed by atoms with Crippen LogP contribution in [0.15, 0.2) is 30.5 Å². The van der Waals surface area contributed by atoms with Crippen LogP contribution in [0.4, 0.5) is 4.79 Å². The molecule has 2 amide bonds. The van der Waals surface area contributed by atoms with Gasteiger partial charge in [0.2, 0.25) is 5.91 Å². The molecular formula is C23H33N3O5. The summed E-state index contributed by atoms with van der Waals surface area (Å²) in [6.45, 7) is 9.03. The Kier molecular flexibility index (Phi) is 8.08. The van der Waals surface area contributed by atoms with Crippen LogP contribution in [0.5, 0.6) is 0 Å². The van der Waals surface area contributed by atoms with Crippen molar-refractivity contribution in [3.05, 3.63) is 36.0 Å². The first kappa shape index (κ1) is 24.2. The summed E-state index contributed by atoms with van der Waals surface area (Å²) in [5.41, 5.74) is 1.09. The van der Waals surface area contributed by atoms with Crippen molar-refractivity contribution in [2.45, 2.75) is 65.1 Å². The zero-order valence-corrected chi connectivity index (χ0v) is 19.1. The molecule has 0 aliphatic carbocycles. The van der Waals surface area contributed by atoms with Crippen molar-refractivity contribution in [3.63, 3.8) is 0 Å². The maximum atomic E-state index is 13.2. The van der Waals surface area contributed by atoms with Gasteiger partial charge in [-0.25, -0.2) is 9.59 Å². The Bertz CT molecular complexity index is 915. The number of amides is 2. The van der Waals surface area contributed by atoms with Crippen molar-refractivity contribution in [3.8, 4) is 0 Å². The van der Waals surface area contributed by atoms with Crippen LogP contribution in [-0.4, -0.2) is 47.7 Å².